The zero-order valence-electron chi connectivity index (χ0n) is 6.45. The molecule has 0 radical (unpaired) electrons. The standard InChI is InChI=1S/C8H11NO2/c1-3-8(11)4-5-9(2)7(8)6-10/h1,6-7,11H,4-5H2,2H3/t7?,8-/m0/s1. The van der Waals surface area contributed by atoms with E-state index in [0.717, 1.165) is 0 Å². The number of terminal acetylenes is 1. The second-order valence-corrected chi connectivity index (χ2v) is 2.88. The molecule has 0 aromatic rings. The molecule has 0 aromatic carbocycles. The summed E-state index contributed by atoms with van der Waals surface area (Å²) in [5.74, 6) is 2.25. The van der Waals surface area contributed by atoms with Gasteiger partial charge in [0.15, 0.2) is 0 Å². The van der Waals surface area contributed by atoms with Crippen LogP contribution in [0.1, 0.15) is 6.42 Å². The Morgan fingerprint density at radius 3 is 2.91 bits per heavy atom. The summed E-state index contributed by atoms with van der Waals surface area (Å²) in [7, 11) is 1.77. The van der Waals surface area contributed by atoms with E-state index < -0.39 is 11.6 Å². The van der Waals surface area contributed by atoms with Gasteiger partial charge < -0.3 is 9.90 Å². The minimum atomic E-state index is -1.24. The van der Waals surface area contributed by atoms with Crippen LogP contribution in [0.3, 0.4) is 0 Å². The van der Waals surface area contributed by atoms with Crippen LogP contribution < -0.4 is 0 Å². The maximum atomic E-state index is 10.5. The zero-order valence-corrected chi connectivity index (χ0v) is 6.45. The Labute approximate surface area is 66.0 Å². The lowest BCUT2D eigenvalue weighted by Crippen LogP contribution is -2.43. The van der Waals surface area contributed by atoms with E-state index in [4.69, 9.17) is 6.42 Å². The minimum Gasteiger partial charge on any atom is -0.375 e. The zero-order chi connectivity index (χ0) is 8.48. The lowest BCUT2D eigenvalue weighted by molar-refractivity contribution is -0.115. The molecule has 0 spiro atoms. The average Bonchev–Trinajstić information content (AvgIpc) is 2.29. The van der Waals surface area contributed by atoms with Gasteiger partial charge in [0.2, 0.25) is 0 Å². The van der Waals surface area contributed by atoms with Crippen molar-refractivity contribution in [3.05, 3.63) is 0 Å². The Morgan fingerprint density at radius 2 is 2.55 bits per heavy atom. The summed E-state index contributed by atoms with van der Waals surface area (Å²) in [6, 6.07) is -0.535. The van der Waals surface area contributed by atoms with Gasteiger partial charge in [-0.25, -0.2) is 0 Å². The fourth-order valence-electron chi connectivity index (χ4n) is 1.37. The lowest BCUT2D eigenvalue weighted by atomic mass is 9.97. The predicted octanol–water partition coefficient (Wildman–Crippen LogP) is -0.746. The van der Waals surface area contributed by atoms with Gasteiger partial charge in [0, 0.05) is 13.0 Å². The number of aldehydes is 1. The quantitative estimate of drug-likeness (QED) is 0.398. The number of likely N-dealkylation sites (tertiary alicyclic amines) is 1. The van der Waals surface area contributed by atoms with Gasteiger partial charge in [0.1, 0.15) is 17.9 Å². The van der Waals surface area contributed by atoms with E-state index in [-0.39, 0.29) is 0 Å². The predicted molar refractivity (Wildman–Crippen MR) is 40.9 cm³/mol. The first kappa shape index (κ1) is 8.25. The van der Waals surface area contributed by atoms with Crippen molar-refractivity contribution < 1.29 is 9.90 Å². The number of hydrogen-bond acceptors (Lipinski definition) is 3. The van der Waals surface area contributed by atoms with Crippen LogP contribution in [0.4, 0.5) is 0 Å². The number of carbonyl (C=O) groups excluding carboxylic acids is 1. The summed E-state index contributed by atoms with van der Waals surface area (Å²) < 4.78 is 0. The van der Waals surface area contributed by atoms with E-state index in [2.05, 4.69) is 5.92 Å². The molecule has 1 rings (SSSR count). The Hall–Kier alpha value is -0.850. The maximum Gasteiger partial charge on any atom is 0.148 e. The molecule has 11 heavy (non-hydrogen) atoms. The number of hydrogen-bond donors (Lipinski definition) is 1. The molecule has 0 saturated carbocycles. The van der Waals surface area contributed by atoms with Crippen LogP contribution in [-0.4, -0.2) is 41.5 Å². The highest BCUT2D eigenvalue weighted by atomic mass is 16.3. The highest BCUT2D eigenvalue weighted by Gasteiger charge is 2.43. The molecule has 1 aliphatic heterocycles. The smallest absolute Gasteiger partial charge is 0.148 e. The van der Waals surface area contributed by atoms with E-state index in [1.807, 2.05) is 0 Å². The largest absolute Gasteiger partial charge is 0.375 e. The normalized spacial score (nSPS) is 38.5. The molecule has 0 aromatic heterocycles. The average molecular weight is 153 g/mol. The van der Waals surface area contributed by atoms with Crippen LogP contribution in [0, 0.1) is 12.3 Å². The van der Waals surface area contributed by atoms with Gasteiger partial charge in [0.05, 0.1) is 0 Å². The molecule has 2 atom stereocenters. The van der Waals surface area contributed by atoms with Gasteiger partial charge >= 0.3 is 0 Å². The monoisotopic (exact) mass is 153 g/mol. The van der Waals surface area contributed by atoms with E-state index in [9.17, 15) is 9.90 Å². The summed E-state index contributed by atoms with van der Waals surface area (Å²) in [6.07, 6.45) is 6.29. The van der Waals surface area contributed by atoms with E-state index >= 15 is 0 Å². The number of carbonyl (C=O) groups is 1. The van der Waals surface area contributed by atoms with Gasteiger partial charge in [-0.15, -0.1) is 6.42 Å². The van der Waals surface area contributed by atoms with Gasteiger partial charge in [-0.2, -0.15) is 0 Å². The number of likely N-dealkylation sites (N-methyl/N-ethyl adjacent to an activating group) is 1. The Kier molecular flexibility index (Phi) is 1.99. The number of nitrogens with zero attached hydrogens (tertiary/aromatic N) is 1. The first-order chi connectivity index (χ1) is 5.14. The molecule has 1 aliphatic rings. The minimum absolute atomic E-state index is 0.476. The van der Waals surface area contributed by atoms with Crippen LogP contribution in [-0.2, 0) is 4.79 Å². The Morgan fingerprint density at radius 1 is 1.91 bits per heavy atom. The first-order valence-electron chi connectivity index (χ1n) is 3.50. The lowest BCUT2D eigenvalue weighted by Gasteiger charge is -2.22. The van der Waals surface area contributed by atoms with Crippen molar-refractivity contribution in [2.75, 3.05) is 13.6 Å². The van der Waals surface area contributed by atoms with E-state index in [1.165, 1.54) is 0 Å². The molecule has 1 fully saturated rings. The summed E-state index contributed by atoms with van der Waals surface area (Å²) in [6.45, 7) is 0.671. The number of aliphatic hydroxyl groups is 1. The Balaban J connectivity index is 2.86. The van der Waals surface area contributed by atoms with Gasteiger partial charge in [-0.1, -0.05) is 5.92 Å². The van der Waals surface area contributed by atoms with Crippen molar-refractivity contribution in [1.29, 1.82) is 0 Å². The van der Waals surface area contributed by atoms with Crippen molar-refractivity contribution >= 4 is 6.29 Å². The molecule has 3 heteroatoms. The fourth-order valence-corrected chi connectivity index (χ4v) is 1.37. The summed E-state index contributed by atoms with van der Waals surface area (Å²) >= 11 is 0. The molecule has 0 bridgehead atoms. The molecule has 1 unspecified atom stereocenters. The molecule has 0 amide bonds. The summed E-state index contributed by atoms with van der Waals surface area (Å²) in [5.41, 5.74) is -1.24. The number of rotatable bonds is 1. The van der Waals surface area contributed by atoms with Crippen molar-refractivity contribution in [3.63, 3.8) is 0 Å². The van der Waals surface area contributed by atoms with Crippen LogP contribution in [0.2, 0.25) is 0 Å². The van der Waals surface area contributed by atoms with Crippen molar-refractivity contribution in [2.24, 2.45) is 0 Å². The topological polar surface area (TPSA) is 40.5 Å². The molecule has 0 aliphatic carbocycles. The van der Waals surface area contributed by atoms with Crippen LogP contribution >= 0.6 is 0 Å². The molecule has 1 saturated heterocycles. The second-order valence-electron chi connectivity index (χ2n) is 2.88. The van der Waals surface area contributed by atoms with E-state index in [1.54, 1.807) is 11.9 Å². The highest BCUT2D eigenvalue weighted by molar-refractivity contribution is 5.62. The molecule has 1 heterocycles. The second kappa shape index (κ2) is 2.65. The Bertz CT molecular complexity index is 209. The maximum absolute atomic E-state index is 10.5. The molecular formula is C8H11NO2. The third kappa shape index (κ3) is 1.15. The molecule has 60 valence electrons. The summed E-state index contributed by atoms with van der Waals surface area (Å²) in [5, 5.41) is 9.62. The van der Waals surface area contributed by atoms with Crippen LogP contribution in [0.5, 0.6) is 0 Å². The molecule has 1 N–H and O–H groups in total. The van der Waals surface area contributed by atoms with Crippen LogP contribution in [0.25, 0.3) is 0 Å². The molecule has 3 nitrogen and oxygen atoms in total. The highest BCUT2D eigenvalue weighted by Crippen LogP contribution is 2.24. The van der Waals surface area contributed by atoms with Crippen molar-refractivity contribution in [2.45, 2.75) is 18.1 Å². The van der Waals surface area contributed by atoms with E-state index in [0.29, 0.717) is 19.3 Å². The summed E-state index contributed by atoms with van der Waals surface area (Å²) in [4.78, 5) is 12.3. The van der Waals surface area contributed by atoms with Gasteiger partial charge in [0.25, 0.3) is 0 Å². The van der Waals surface area contributed by atoms with Gasteiger partial charge in [-0.05, 0) is 7.05 Å². The van der Waals surface area contributed by atoms with Gasteiger partial charge in [-0.3, -0.25) is 4.90 Å². The van der Waals surface area contributed by atoms with Crippen LogP contribution in [0.15, 0.2) is 0 Å². The third-order valence-electron chi connectivity index (χ3n) is 2.19. The van der Waals surface area contributed by atoms with Crippen molar-refractivity contribution in [3.8, 4) is 12.3 Å². The molecular weight excluding hydrogens is 142 g/mol. The fraction of sp³-hybridized carbons (Fsp3) is 0.625. The third-order valence-corrected chi connectivity index (χ3v) is 2.19. The van der Waals surface area contributed by atoms with Crippen molar-refractivity contribution in [1.82, 2.24) is 4.90 Å². The SMILES string of the molecule is C#C[C@]1(O)CCN(C)C1C=O. The first-order valence-corrected chi connectivity index (χ1v) is 3.50.